The number of aryl methyl sites for hydroxylation is 2. The Morgan fingerprint density at radius 1 is 1.32 bits per heavy atom. The molecule has 3 rings (SSSR count). The van der Waals surface area contributed by atoms with Crippen molar-refractivity contribution in [1.29, 1.82) is 0 Å². The molecule has 0 spiro atoms. The molecule has 1 N–H and O–H groups in total. The molecule has 0 fully saturated rings. The predicted octanol–water partition coefficient (Wildman–Crippen LogP) is 1.98. The number of aromatic nitrogens is 4. The molecule has 0 aliphatic rings. The third-order valence-corrected chi connectivity index (χ3v) is 3.86. The maximum atomic E-state index is 4.55. The molecule has 6 heteroatoms. The van der Waals surface area contributed by atoms with Gasteiger partial charge in [-0.1, -0.05) is 6.92 Å². The quantitative estimate of drug-likeness (QED) is 0.774. The average molecular weight is 275 g/mol. The molecule has 0 aliphatic heterocycles. The van der Waals surface area contributed by atoms with E-state index in [1.807, 2.05) is 23.3 Å². The van der Waals surface area contributed by atoms with E-state index in [9.17, 15) is 0 Å². The molecule has 0 saturated heterocycles. The van der Waals surface area contributed by atoms with Gasteiger partial charge in [-0.2, -0.15) is 5.10 Å². The third-order valence-electron chi connectivity index (χ3n) is 3.09. The number of fused-ring (bicyclic) bond motifs is 1. The van der Waals surface area contributed by atoms with Crippen LogP contribution in [0.25, 0.3) is 4.96 Å². The highest BCUT2D eigenvalue weighted by Gasteiger charge is 2.06. The fourth-order valence-electron chi connectivity index (χ4n) is 2.22. The molecule has 0 aliphatic carbocycles. The normalized spacial score (nSPS) is 11.5. The van der Waals surface area contributed by atoms with Gasteiger partial charge in [-0.25, -0.2) is 4.98 Å². The zero-order chi connectivity index (χ0) is 13.2. The van der Waals surface area contributed by atoms with Gasteiger partial charge in [0.2, 0.25) is 0 Å². The van der Waals surface area contributed by atoms with Crippen LogP contribution in [0.3, 0.4) is 0 Å². The van der Waals surface area contributed by atoms with Gasteiger partial charge in [0.25, 0.3) is 0 Å². The zero-order valence-electron chi connectivity index (χ0n) is 11.1. The van der Waals surface area contributed by atoms with E-state index in [1.165, 1.54) is 11.3 Å². The van der Waals surface area contributed by atoms with E-state index in [1.54, 1.807) is 11.3 Å². The van der Waals surface area contributed by atoms with Gasteiger partial charge in [-0.05, 0) is 6.42 Å². The molecule has 3 aromatic rings. The van der Waals surface area contributed by atoms with E-state index in [-0.39, 0.29) is 0 Å². The van der Waals surface area contributed by atoms with Crippen LogP contribution in [-0.4, -0.2) is 19.2 Å². The van der Waals surface area contributed by atoms with Gasteiger partial charge < -0.3 is 5.32 Å². The Morgan fingerprint density at radius 2 is 2.21 bits per heavy atom. The van der Waals surface area contributed by atoms with Crippen LogP contribution in [0, 0.1) is 0 Å². The van der Waals surface area contributed by atoms with Crippen LogP contribution in [0.4, 0.5) is 0 Å². The molecule has 0 amide bonds. The first-order valence-corrected chi connectivity index (χ1v) is 7.27. The summed E-state index contributed by atoms with van der Waals surface area (Å²) in [6, 6.07) is 0. The van der Waals surface area contributed by atoms with Crippen LogP contribution in [0.5, 0.6) is 0 Å². The second-order valence-electron chi connectivity index (χ2n) is 4.56. The van der Waals surface area contributed by atoms with Crippen molar-refractivity contribution in [2.45, 2.75) is 26.4 Å². The summed E-state index contributed by atoms with van der Waals surface area (Å²) in [5.74, 6) is 0. The summed E-state index contributed by atoms with van der Waals surface area (Å²) in [7, 11) is 1.96. The fourth-order valence-corrected chi connectivity index (χ4v) is 2.93. The smallest absolute Gasteiger partial charge is 0.193 e. The van der Waals surface area contributed by atoms with Gasteiger partial charge in [0, 0.05) is 49.7 Å². The lowest BCUT2D eigenvalue weighted by Crippen LogP contribution is -2.13. The predicted molar refractivity (Wildman–Crippen MR) is 76.2 cm³/mol. The first-order valence-electron chi connectivity index (χ1n) is 6.39. The van der Waals surface area contributed by atoms with Crippen molar-refractivity contribution < 1.29 is 0 Å². The molecule has 5 nitrogen and oxygen atoms in total. The van der Waals surface area contributed by atoms with E-state index >= 15 is 0 Å². The number of rotatable bonds is 5. The van der Waals surface area contributed by atoms with E-state index < -0.39 is 0 Å². The second kappa shape index (κ2) is 5.14. The molecule has 0 unspecified atom stereocenters. The summed E-state index contributed by atoms with van der Waals surface area (Å²) in [6.07, 6.45) is 7.16. The lowest BCUT2D eigenvalue weighted by molar-refractivity contribution is 0.678. The number of thiazole rings is 1. The van der Waals surface area contributed by atoms with E-state index in [2.05, 4.69) is 39.1 Å². The van der Waals surface area contributed by atoms with Crippen molar-refractivity contribution in [1.82, 2.24) is 24.5 Å². The Labute approximate surface area is 115 Å². The highest BCUT2D eigenvalue weighted by atomic mass is 32.1. The van der Waals surface area contributed by atoms with Gasteiger partial charge in [-0.15, -0.1) is 11.3 Å². The molecular weight excluding hydrogens is 258 g/mol. The number of nitrogens with zero attached hydrogens (tertiary/aromatic N) is 4. The van der Waals surface area contributed by atoms with Crippen LogP contribution in [-0.2, 0) is 26.6 Å². The molecule has 0 bridgehead atoms. The SMILES string of the molecule is CCc1nn(C)cc1CNCc1cn2ccsc2n1. The van der Waals surface area contributed by atoms with Gasteiger partial charge in [-0.3, -0.25) is 9.08 Å². The van der Waals surface area contributed by atoms with Gasteiger partial charge in [0.1, 0.15) is 0 Å². The Balaban J connectivity index is 1.62. The summed E-state index contributed by atoms with van der Waals surface area (Å²) >= 11 is 1.66. The van der Waals surface area contributed by atoms with Gasteiger partial charge in [0.15, 0.2) is 4.96 Å². The number of hydrogen-bond donors (Lipinski definition) is 1. The zero-order valence-corrected chi connectivity index (χ0v) is 11.9. The largest absolute Gasteiger partial charge is 0.307 e. The number of imidazole rings is 1. The topological polar surface area (TPSA) is 47.2 Å². The summed E-state index contributed by atoms with van der Waals surface area (Å²) in [5, 5.41) is 9.92. The Hall–Kier alpha value is -1.66. The van der Waals surface area contributed by atoms with Crippen molar-refractivity contribution in [3.63, 3.8) is 0 Å². The molecule has 0 saturated carbocycles. The minimum absolute atomic E-state index is 0.784. The fraction of sp³-hybridized carbons (Fsp3) is 0.385. The van der Waals surface area contributed by atoms with Crippen LogP contribution >= 0.6 is 11.3 Å². The first-order chi connectivity index (χ1) is 9.26. The monoisotopic (exact) mass is 275 g/mol. The minimum Gasteiger partial charge on any atom is -0.307 e. The molecule has 19 heavy (non-hydrogen) atoms. The van der Waals surface area contributed by atoms with Crippen molar-refractivity contribution in [3.8, 4) is 0 Å². The van der Waals surface area contributed by atoms with Crippen LogP contribution in [0.2, 0.25) is 0 Å². The van der Waals surface area contributed by atoms with Crippen molar-refractivity contribution >= 4 is 16.3 Å². The van der Waals surface area contributed by atoms with Gasteiger partial charge in [0.05, 0.1) is 11.4 Å². The highest BCUT2D eigenvalue weighted by molar-refractivity contribution is 7.15. The van der Waals surface area contributed by atoms with Crippen molar-refractivity contribution in [2.75, 3.05) is 0 Å². The minimum atomic E-state index is 0.784. The maximum Gasteiger partial charge on any atom is 0.193 e. The van der Waals surface area contributed by atoms with E-state index in [0.29, 0.717) is 0 Å². The van der Waals surface area contributed by atoms with Crippen LogP contribution in [0.1, 0.15) is 23.9 Å². The molecule has 3 heterocycles. The highest BCUT2D eigenvalue weighted by Crippen LogP contribution is 2.11. The van der Waals surface area contributed by atoms with Crippen molar-refractivity contribution in [2.24, 2.45) is 7.05 Å². The maximum absolute atomic E-state index is 4.55. The Kier molecular flexibility index (Phi) is 3.35. The van der Waals surface area contributed by atoms with E-state index in [0.717, 1.165) is 30.2 Å². The van der Waals surface area contributed by atoms with Crippen LogP contribution < -0.4 is 5.32 Å². The lowest BCUT2D eigenvalue weighted by Gasteiger charge is -2.01. The molecule has 0 aromatic carbocycles. The molecule has 3 aromatic heterocycles. The molecule has 0 radical (unpaired) electrons. The van der Waals surface area contributed by atoms with Crippen LogP contribution in [0.15, 0.2) is 24.0 Å². The summed E-state index contributed by atoms with van der Waals surface area (Å²) in [5.41, 5.74) is 3.51. The summed E-state index contributed by atoms with van der Waals surface area (Å²) in [4.78, 5) is 5.60. The molecule has 0 atom stereocenters. The standard InChI is InChI=1S/C13H17N5S/c1-3-12-10(8-17(2)16-12)6-14-7-11-9-18-4-5-19-13(18)15-11/h4-5,8-9,14H,3,6-7H2,1-2H3. The van der Waals surface area contributed by atoms with E-state index in [4.69, 9.17) is 0 Å². The van der Waals surface area contributed by atoms with Gasteiger partial charge >= 0.3 is 0 Å². The summed E-state index contributed by atoms with van der Waals surface area (Å²) in [6.45, 7) is 3.75. The Morgan fingerprint density at radius 3 is 3.00 bits per heavy atom. The molecular formula is C13H17N5S. The van der Waals surface area contributed by atoms with Crippen molar-refractivity contribution in [3.05, 3.63) is 40.9 Å². The Bertz CT molecular complexity index is 650. The second-order valence-corrected chi connectivity index (χ2v) is 5.43. The molecule has 100 valence electrons. The lowest BCUT2D eigenvalue weighted by atomic mass is 10.2. The first kappa shape index (κ1) is 12.4. The number of nitrogens with one attached hydrogen (secondary N) is 1. The third kappa shape index (κ3) is 2.54. The summed E-state index contributed by atoms with van der Waals surface area (Å²) < 4.78 is 3.94. The number of hydrogen-bond acceptors (Lipinski definition) is 4. The average Bonchev–Trinajstić information content (AvgIpc) is 3.03.